The van der Waals surface area contributed by atoms with E-state index in [0.29, 0.717) is 5.75 Å². The first-order chi connectivity index (χ1) is 4.43. The van der Waals surface area contributed by atoms with Crippen LogP contribution < -0.4 is 4.52 Å². The lowest BCUT2D eigenvalue weighted by atomic mass is 10.3. The molecule has 0 aliphatic carbocycles. The summed E-state index contributed by atoms with van der Waals surface area (Å²) in [7, 11) is -0.305. The van der Waals surface area contributed by atoms with Crippen molar-refractivity contribution in [3.05, 3.63) is 30.3 Å². The molecule has 52 valence electrons. The highest BCUT2D eigenvalue weighted by Gasteiger charge is 1.85. The molecule has 0 atom stereocenters. The first kappa shape index (κ1) is 9.65. The van der Waals surface area contributed by atoms with Gasteiger partial charge in [0.05, 0.1) is 0 Å². The van der Waals surface area contributed by atoms with Crippen LogP contribution in [0.15, 0.2) is 30.3 Å². The Bertz CT molecular complexity index is 190. The quantitative estimate of drug-likeness (QED) is 0.490. The zero-order valence-corrected chi connectivity index (χ0v) is 5.54. The number of para-hydroxylation sites is 1. The molecule has 0 saturated carbocycles. The summed E-state index contributed by atoms with van der Waals surface area (Å²) in [5.41, 5.74) is 0. The molecule has 0 heterocycles. The van der Waals surface area contributed by atoms with Gasteiger partial charge in [0.1, 0.15) is 5.75 Å². The van der Waals surface area contributed by atoms with Crippen molar-refractivity contribution in [2.75, 3.05) is 0 Å². The lowest BCUT2D eigenvalue weighted by Gasteiger charge is -1.90. The van der Waals surface area contributed by atoms with Gasteiger partial charge in [-0.25, -0.2) is 4.57 Å². The molecule has 0 aliphatic heterocycles. The van der Waals surface area contributed by atoms with Crippen LogP contribution in [0, 0.1) is 0 Å². The first-order valence-electron chi connectivity index (χ1n) is 2.48. The normalized spacial score (nSPS) is 8.40. The minimum Gasteiger partial charge on any atom is -0.408 e. The molecule has 4 heteroatoms. The Morgan fingerprint density at radius 1 is 1.20 bits per heavy atom. The molecule has 10 heavy (non-hydrogen) atoms. The van der Waals surface area contributed by atoms with Crippen molar-refractivity contribution in [2.45, 2.75) is 0 Å². The third-order valence-corrected chi connectivity index (χ3v) is 1.17. The molecule has 0 aromatic heterocycles. The van der Waals surface area contributed by atoms with Gasteiger partial charge < -0.3 is 4.52 Å². The highest BCUT2D eigenvalue weighted by atomic mass is 31.1. The van der Waals surface area contributed by atoms with E-state index in [0.717, 1.165) is 0 Å². The van der Waals surface area contributed by atoms with Gasteiger partial charge in [0, 0.05) is 0 Å². The molecule has 0 bridgehead atoms. The third-order valence-electron chi connectivity index (χ3n) is 0.886. The molecule has 0 fully saturated rings. The van der Waals surface area contributed by atoms with Crippen LogP contribution in [0.2, 0.25) is 0 Å². The van der Waals surface area contributed by atoms with Gasteiger partial charge in [-0.15, -0.1) is 0 Å². The van der Waals surface area contributed by atoms with E-state index in [1.54, 1.807) is 12.1 Å². The molecular weight excluding hydrogens is 162 g/mol. The minimum absolute atomic E-state index is 0. The van der Waals surface area contributed by atoms with Crippen LogP contribution in [0.25, 0.3) is 0 Å². The third kappa shape index (κ3) is 2.98. The van der Waals surface area contributed by atoms with Gasteiger partial charge >= 0.3 is 8.69 Å². The maximum atomic E-state index is 9.85. The van der Waals surface area contributed by atoms with E-state index in [9.17, 15) is 4.57 Å². The predicted octanol–water partition coefficient (Wildman–Crippen LogP) is 1.09. The predicted molar refractivity (Wildman–Crippen MR) is 44.6 cm³/mol. The Balaban J connectivity index is 0.000000810. The Kier molecular flexibility index (Phi) is 5.25. The molecule has 0 N–H and O–H groups in total. The Morgan fingerprint density at radius 3 is 2.30 bits per heavy atom. The summed E-state index contributed by atoms with van der Waals surface area (Å²) in [5.74, 6) is 0.620. The van der Waals surface area contributed by atoms with Crippen molar-refractivity contribution in [3.63, 3.8) is 0 Å². The Labute approximate surface area is 71.6 Å². The lowest BCUT2D eigenvalue weighted by molar-refractivity contribution is 0.525. The van der Waals surface area contributed by atoms with E-state index in [-0.39, 0.29) is 26.0 Å². The van der Waals surface area contributed by atoms with Crippen molar-refractivity contribution in [1.29, 1.82) is 0 Å². The van der Waals surface area contributed by atoms with E-state index in [4.69, 9.17) is 0 Å². The SMILES string of the molecule is O=POc1ccccc1.[AlH3]. The summed E-state index contributed by atoms with van der Waals surface area (Å²) in [6.07, 6.45) is 0. The van der Waals surface area contributed by atoms with Crippen LogP contribution in [-0.4, -0.2) is 17.4 Å². The number of benzene rings is 1. The van der Waals surface area contributed by atoms with Gasteiger partial charge in [-0.3, -0.25) is 0 Å². The summed E-state index contributed by atoms with van der Waals surface area (Å²) in [6, 6.07) is 8.99. The smallest absolute Gasteiger partial charge is 0.395 e. The van der Waals surface area contributed by atoms with Crippen LogP contribution in [0.4, 0.5) is 0 Å². The van der Waals surface area contributed by atoms with Gasteiger partial charge in [0.15, 0.2) is 17.4 Å². The molecule has 0 unspecified atom stereocenters. The molecule has 1 rings (SSSR count). The maximum absolute atomic E-state index is 9.85. The maximum Gasteiger partial charge on any atom is 0.395 e. The van der Waals surface area contributed by atoms with Crippen LogP contribution in [0.1, 0.15) is 0 Å². The van der Waals surface area contributed by atoms with Gasteiger partial charge in [-0.05, 0) is 12.1 Å². The number of rotatable bonds is 2. The molecule has 0 radical (unpaired) electrons. The van der Waals surface area contributed by atoms with Crippen molar-refractivity contribution >= 4 is 26.0 Å². The molecule has 0 saturated heterocycles. The standard InChI is InChI=1S/C6H5O2P.Al.3H/c7-9-8-6-4-2-1-3-5-6;;;;/h1-5H;;;;. The summed E-state index contributed by atoms with van der Waals surface area (Å²) in [6.45, 7) is 0. The van der Waals surface area contributed by atoms with Gasteiger partial charge in [-0.1, -0.05) is 18.2 Å². The zero-order valence-electron chi connectivity index (χ0n) is 4.65. The molecule has 1 aromatic carbocycles. The molecule has 0 amide bonds. The van der Waals surface area contributed by atoms with Gasteiger partial charge in [0.25, 0.3) is 0 Å². The van der Waals surface area contributed by atoms with Gasteiger partial charge in [0.2, 0.25) is 0 Å². The molecule has 2 nitrogen and oxygen atoms in total. The Hall–Kier alpha value is -0.348. The van der Waals surface area contributed by atoms with E-state index in [1.807, 2.05) is 18.2 Å². The second-order valence-corrected chi connectivity index (χ2v) is 1.81. The Morgan fingerprint density at radius 2 is 1.80 bits per heavy atom. The van der Waals surface area contributed by atoms with Crippen LogP contribution >= 0.6 is 8.69 Å². The molecule has 1 aromatic rings. The summed E-state index contributed by atoms with van der Waals surface area (Å²) in [4.78, 5) is 0. The number of hydrogen-bond donors (Lipinski definition) is 0. The topological polar surface area (TPSA) is 26.3 Å². The second-order valence-electron chi connectivity index (χ2n) is 1.48. The summed E-state index contributed by atoms with van der Waals surface area (Å²) in [5, 5.41) is 0. The van der Waals surface area contributed by atoms with Crippen molar-refractivity contribution in [3.8, 4) is 5.75 Å². The number of hydrogen-bond acceptors (Lipinski definition) is 2. The van der Waals surface area contributed by atoms with E-state index in [2.05, 4.69) is 4.52 Å². The highest BCUT2D eigenvalue weighted by molar-refractivity contribution is 7.17. The summed E-state index contributed by atoms with van der Waals surface area (Å²) < 4.78 is 14.5. The van der Waals surface area contributed by atoms with Crippen molar-refractivity contribution < 1.29 is 9.09 Å². The second kappa shape index (κ2) is 5.44. The van der Waals surface area contributed by atoms with Crippen molar-refractivity contribution in [2.24, 2.45) is 0 Å². The zero-order chi connectivity index (χ0) is 6.53. The van der Waals surface area contributed by atoms with Crippen LogP contribution in [0.5, 0.6) is 5.75 Å². The van der Waals surface area contributed by atoms with Gasteiger partial charge in [-0.2, -0.15) is 0 Å². The average molecular weight is 170 g/mol. The lowest BCUT2D eigenvalue weighted by Crippen LogP contribution is -1.70. The van der Waals surface area contributed by atoms with E-state index >= 15 is 0 Å². The van der Waals surface area contributed by atoms with Crippen molar-refractivity contribution in [1.82, 2.24) is 0 Å². The summed E-state index contributed by atoms with van der Waals surface area (Å²) >= 11 is 0. The molecule has 0 spiro atoms. The fourth-order valence-electron chi connectivity index (χ4n) is 0.524. The fraction of sp³-hybridized carbons (Fsp3) is 0. The van der Waals surface area contributed by atoms with E-state index in [1.165, 1.54) is 0 Å². The molecular formula is C6H8AlO2P. The monoisotopic (exact) mass is 170 g/mol. The van der Waals surface area contributed by atoms with Crippen LogP contribution in [0.3, 0.4) is 0 Å². The largest absolute Gasteiger partial charge is 0.408 e. The average Bonchev–Trinajstić information content (AvgIpc) is 1.91. The highest BCUT2D eigenvalue weighted by Crippen LogP contribution is 2.12. The minimum atomic E-state index is -0.305. The van der Waals surface area contributed by atoms with E-state index < -0.39 is 0 Å². The van der Waals surface area contributed by atoms with Crippen LogP contribution in [-0.2, 0) is 4.57 Å². The fourth-order valence-corrected chi connectivity index (χ4v) is 0.732. The first-order valence-corrected chi connectivity index (χ1v) is 3.21. The molecule has 0 aliphatic rings.